The van der Waals surface area contributed by atoms with Crippen LogP contribution in [0, 0.1) is 0 Å². The molecule has 2 aliphatic heterocycles. The maximum absolute atomic E-state index is 10.8. The average molecular weight is 260 g/mol. The Bertz CT molecular complexity index is 406. The van der Waals surface area contributed by atoms with E-state index in [4.69, 9.17) is 16.3 Å². The number of cyclic esters (lactones) is 1. The summed E-state index contributed by atoms with van der Waals surface area (Å²) in [6.07, 6.45) is 3.20. The number of ether oxygens (including phenoxy) is 1. The molecule has 1 amide bonds. The van der Waals surface area contributed by atoms with Gasteiger partial charge in [0.1, 0.15) is 0 Å². The van der Waals surface area contributed by atoms with Gasteiger partial charge < -0.3 is 14.4 Å². The minimum absolute atomic E-state index is 0.242. The lowest BCUT2D eigenvalue weighted by atomic mass is 10.3. The van der Waals surface area contributed by atoms with E-state index in [0.29, 0.717) is 16.7 Å². The first-order valence-electron chi connectivity index (χ1n) is 4.60. The zero-order chi connectivity index (χ0) is 11.5. The van der Waals surface area contributed by atoms with E-state index in [1.807, 2.05) is 24.1 Å². The van der Waals surface area contributed by atoms with Crippen molar-refractivity contribution in [1.29, 1.82) is 0 Å². The summed E-state index contributed by atoms with van der Waals surface area (Å²) >= 11 is 7.13. The van der Waals surface area contributed by atoms with Crippen LogP contribution in [-0.2, 0) is 4.74 Å². The Morgan fingerprint density at radius 3 is 3.06 bits per heavy atom. The van der Waals surface area contributed by atoms with Gasteiger partial charge in [-0.3, -0.25) is 0 Å². The number of aliphatic imine (C=N–C) groups is 1. The number of hydrogen-bond donors (Lipinski definition) is 1. The fourth-order valence-electron chi connectivity index (χ4n) is 1.27. The van der Waals surface area contributed by atoms with Gasteiger partial charge >= 0.3 is 6.09 Å². The van der Waals surface area contributed by atoms with E-state index in [-0.39, 0.29) is 6.61 Å². The molecule has 16 heavy (non-hydrogen) atoms. The SMILES string of the molecule is CN(CC1=CC=C(Cl)SN1)C1=NC(=O)OC1. The van der Waals surface area contributed by atoms with Crippen LogP contribution in [0.5, 0.6) is 0 Å². The Hall–Kier alpha value is -1.14. The summed E-state index contributed by atoms with van der Waals surface area (Å²) < 4.78 is 8.52. The lowest BCUT2D eigenvalue weighted by Crippen LogP contribution is -2.32. The number of nitrogens with zero attached hydrogens (tertiary/aromatic N) is 2. The Balaban J connectivity index is 1.95. The van der Waals surface area contributed by atoms with E-state index in [9.17, 15) is 4.79 Å². The predicted molar refractivity (Wildman–Crippen MR) is 64.2 cm³/mol. The van der Waals surface area contributed by atoms with E-state index < -0.39 is 6.09 Å². The molecule has 2 heterocycles. The third kappa shape index (κ3) is 2.70. The summed E-state index contributed by atoms with van der Waals surface area (Å²) in [6.45, 7) is 0.871. The van der Waals surface area contributed by atoms with E-state index in [2.05, 4.69) is 9.71 Å². The minimum Gasteiger partial charge on any atom is -0.440 e. The van der Waals surface area contributed by atoms with Gasteiger partial charge in [0.05, 0.1) is 10.9 Å². The second-order valence-electron chi connectivity index (χ2n) is 3.31. The average Bonchev–Trinajstić information content (AvgIpc) is 2.68. The number of amidine groups is 1. The molecule has 0 aromatic heterocycles. The Morgan fingerprint density at radius 1 is 1.69 bits per heavy atom. The van der Waals surface area contributed by atoms with Crippen LogP contribution in [0.2, 0.25) is 0 Å². The van der Waals surface area contributed by atoms with Crippen molar-refractivity contribution in [3.63, 3.8) is 0 Å². The van der Waals surface area contributed by atoms with E-state index in [1.54, 1.807) is 0 Å². The van der Waals surface area contributed by atoms with Crippen LogP contribution in [0.1, 0.15) is 0 Å². The number of hydrogen-bond acceptors (Lipinski definition) is 5. The lowest BCUT2D eigenvalue weighted by Gasteiger charge is -2.21. The number of halogens is 1. The van der Waals surface area contributed by atoms with Crippen molar-refractivity contribution in [3.05, 3.63) is 22.2 Å². The van der Waals surface area contributed by atoms with Crippen molar-refractivity contribution in [2.24, 2.45) is 4.99 Å². The molecular weight excluding hydrogens is 250 g/mol. The van der Waals surface area contributed by atoms with Gasteiger partial charge in [0, 0.05) is 12.7 Å². The first kappa shape index (κ1) is 11.3. The maximum Gasteiger partial charge on any atom is 0.435 e. The number of amides is 1. The Labute approximate surface area is 102 Å². The van der Waals surface area contributed by atoms with Crippen molar-refractivity contribution in [1.82, 2.24) is 9.62 Å². The maximum atomic E-state index is 10.8. The molecule has 0 aromatic rings. The topological polar surface area (TPSA) is 53.9 Å². The molecule has 0 radical (unpaired) electrons. The standard InChI is InChI=1S/C9H10ClN3O2S/c1-13(8-5-15-9(14)11-8)4-6-2-3-7(10)16-12-6/h2-3,12H,4-5H2,1H3. The monoisotopic (exact) mass is 259 g/mol. The summed E-state index contributed by atoms with van der Waals surface area (Å²) in [6, 6.07) is 0. The van der Waals surface area contributed by atoms with Gasteiger partial charge in [-0.25, -0.2) is 4.79 Å². The van der Waals surface area contributed by atoms with Crippen LogP contribution < -0.4 is 4.72 Å². The molecule has 0 saturated heterocycles. The zero-order valence-electron chi connectivity index (χ0n) is 8.57. The molecule has 7 heteroatoms. The number of carbonyl (C=O) groups is 1. The summed E-state index contributed by atoms with van der Waals surface area (Å²) in [5.41, 5.74) is 0.999. The normalized spacial score (nSPS) is 19.4. The largest absolute Gasteiger partial charge is 0.440 e. The van der Waals surface area contributed by atoms with Gasteiger partial charge in [0.25, 0.3) is 0 Å². The van der Waals surface area contributed by atoms with Gasteiger partial charge in [-0.2, -0.15) is 4.99 Å². The van der Waals surface area contributed by atoms with Crippen molar-refractivity contribution < 1.29 is 9.53 Å². The number of likely N-dealkylation sites (N-methyl/N-ethyl adjacent to an activating group) is 1. The molecule has 2 aliphatic rings. The molecular formula is C9H10ClN3O2S. The lowest BCUT2D eigenvalue weighted by molar-refractivity contribution is 0.180. The highest BCUT2D eigenvalue weighted by Gasteiger charge is 2.19. The first-order valence-corrected chi connectivity index (χ1v) is 5.79. The van der Waals surface area contributed by atoms with Crippen LogP contribution in [0.25, 0.3) is 0 Å². The summed E-state index contributed by atoms with van der Waals surface area (Å²) in [5.74, 6) is 0.637. The molecule has 0 spiro atoms. The van der Waals surface area contributed by atoms with Gasteiger partial charge in [-0.15, -0.1) is 0 Å². The summed E-state index contributed by atoms with van der Waals surface area (Å²) in [4.78, 5) is 16.4. The Kier molecular flexibility index (Phi) is 3.40. The first-order chi connectivity index (χ1) is 7.65. The molecule has 2 rings (SSSR count). The molecule has 0 aromatic carbocycles. The van der Waals surface area contributed by atoms with Gasteiger partial charge in [-0.05, 0) is 24.1 Å². The number of rotatable bonds is 2. The number of nitrogens with one attached hydrogen (secondary N) is 1. The molecule has 5 nitrogen and oxygen atoms in total. The van der Waals surface area contributed by atoms with Crippen LogP contribution in [0.4, 0.5) is 4.79 Å². The van der Waals surface area contributed by atoms with Gasteiger partial charge in [0.15, 0.2) is 12.4 Å². The Morgan fingerprint density at radius 2 is 2.50 bits per heavy atom. The molecule has 86 valence electrons. The summed E-state index contributed by atoms with van der Waals surface area (Å²) in [7, 11) is 1.86. The predicted octanol–water partition coefficient (Wildman–Crippen LogP) is 1.68. The molecule has 0 saturated carbocycles. The van der Waals surface area contributed by atoms with Crippen LogP contribution in [-0.4, -0.2) is 37.0 Å². The van der Waals surface area contributed by atoms with E-state index >= 15 is 0 Å². The fourth-order valence-corrected chi connectivity index (χ4v) is 1.95. The minimum atomic E-state index is -0.523. The highest BCUT2D eigenvalue weighted by atomic mass is 35.5. The third-order valence-corrected chi connectivity index (χ3v) is 3.14. The zero-order valence-corrected chi connectivity index (χ0v) is 10.1. The van der Waals surface area contributed by atoms with Gasteiger partial charge in [0.2, 0.25) is 0 Å². The van der Waals surface area contributed by atoms with Crippen LogP contribution in [0.3, 0.4) is 0 Å². The molecule has 0 bridgehead atoms. The fraction of sp³-hybridized carbons (Fsp3) is 0.333. The quantitative estimate of drug-likeness (QED) is 0.765. The summed E-state index contributed by atoms with van der Waals surface area (Å²) in [5, 5.41) is 0. The smallest absolute Gasteiger partial charge is 0.435 e. The van der Waals surface area contributed by atoms with Crippen molar-refractivity contribution >= 4 is 35.5 Å². The van der Waals surface area contributed by atoms with Gasteiger partial charge in [-0.1, -0.05) is 11.6 Å². The molecule has 1 N–H and O–H groups in total. The van der Waals surface area contributed by atoms with Crippen molar-refractivity contribution in [3.8, 4) is 0 Å². The molecule has 0 unspecified atom stereocenters. The van der Waals surface area contributed by atoms with Crippen molar-refractivity contribution in [2.45, 2.75) is 0 Å². The highest BCUT2D eigenvalue weighted by Crippen LogP contribution is 2.22. The molecule has 0 aliphatic carbocycles. The van der Waals surface area contributed by atoms with Crippen LogP contribution >= 0.6 is 23.5 Å². The molecule has 0 atom stereocenters. The second-order valence-corrected chi connectivity index (χ2v) is 4.78. The second kappa shape index (κ2) is 4.80. The van der Waals surface area contributed by atoms with Crippen LogP contribution in [0.15, 0.2) is 27.2 Å². The molecule has 0 fully saturated rings. The van der Waals surface area contributed by atoms with E-state index in [1.165, 1.54) is 11.9 Å². The third-order valence-electron chi connectivity index (χ3n) is 2.09. The number of carbonyl (C=O) groups excluding carboxylic acids is 1. The van der Waals surface area contributed by atoms with E-state index in [0.717, 1.165) is 5.70 Å². The highest BCUT2D eigenvalue weighted by molar-refractivity contribution is 8.02. The van der Waals surface area contributed by atoms with Crippen molar-refractivity contribution in [2.75, 3.05) is 20.2 Å². The number of allylic oxidation sites excluding steroid dienone is 2.